The molecule has 0 unspecified atom stereocenters. The molecule has 5 nitrogen and oxygen atoms in total. The summed E-state index contributed by atoms with van der Waals surface area (Å²) in [4.78, 5) is 0. The second-order valence-electron chi connectivity index (χ2n) is 5.13. The summed E-state index contributed by atoms with van der Waals surface area (Å²) in [5.41, 5.74) is 8.95. The SMILES string of the molecule is Nc1cc(-c2ccccc2)nn1-c1nnc(-c2ccc(Br)cc2)s1. The fraction of sp³-hybridized carbons (Fsp3) is 0. The second-order valence-corrected chi connectivity index (χ2v) is 7.00. The van der Waals surface area contributed by atoms with Gasteiger partial charge in [-0.2, -0.15) is 9.78 Å². The fourth-order valence-corrected chi connectivity index (χ4v) is 3.40. The van der Waals surface area contributed by atoms with E-state index in [9.17, 15) is 0 Å². The summed E-state index contributed by atoms with van der Waals surface area (Å²) in [6, 6.07) is 19.7. The maximum absolute atomic E-state index is 6.11. The summed E-state index contributed by atoms with van der Waals surface area (Å²) in [5.74, 6) is 0.535. The molecule has 118 valence electrons. The van der Waals surface area contributed by atoms with Crippen LogP contribution in [0.25, 0.3) is 27.0 Å². The molecule has 4 aromatic rings. The molecular formula is C17H12BrN5S. The van der Waals surface area contributed by atoms with Crippen molar-refractivity contribution in [1.82, 2.24) is 20.0 Å². The Morgan fingerprint density at radius 2 is 1.67 bits per heavy atom. The minimum absolute atomic E-state index is 0.535. The summed E-state index contributed by atoms with van der Waals surface area (Å²) < 4.78 is 2.65. The quantitative estimate of drug-likeness (QED) is 0.555. The smallest absolute Gasteiger partial charge is 0.235 e. The van der Waals surface area contributed by atoms with Crippen LogP contribution in [-0.2, 0) is 0 Å². The molecule has 0 saturated heterocycles. The lowest BCUT2D eigenvalue weighted by molar-refractivity contribution is 0.859. The van der Waals surface area contributed by atoms with Crippen molar-refractivity contribution in [2.45, 2.75) is 0 Å². The minimum atomic E-state index is 0.535. The van der Waals surface area contributed by atoms with Gasteiger partial charge in [0.15, 0.2) is 0 Å². The van der Waals surface area contributed by atoms with Gasteiger partial charge in [-0.25, -0.2) is 0 Å². The number of aromatic nitrogens is 4. The van der Waals surface area contributed by atoms with E-state index in [1.807, 2.05) is 60.7 Å². The standard InChI is InChI=1S/C17H12BrN5S/c18-13-8-6-12(7-9-13)16-20-21-17(24-16)23-15(19)10-14(22-23)11-4-2-1-3-5-11/h1-10H,19H2. The predicted molar refractivity (Wildman–Crippen MR) is 100 cm³/mol. The molecule has 0 bridgehead atoms. The predicted octanol–water partition coefficient (Wildman–Crippen LogP) is 4.40. The number of hydrogen-bond acceptors (Lipinski definition) is 5. The molecule has 0 aliphatic carbocycles. The van der Waals surface area contributed by atoms with Gasteiger partial charge in [-0.1, -0.05) is 69.7 Å². The lowest BCUT2D eigenvalue weighted by atomic mass is 10.2. The van der Waals surface area contributed by atoms with Crippen LogP contribution in [-0.4, -0.2) is 20.0 Å². The van der Waals surface area contributed by atoms with Gasteiger partial charge in [0, 0.05) is 21.7 Å². The third-order valence-electron chi connectivity index (χ3n) is 3.49. The molecule has 0 atom stereocenters. The monoisotopic (exact) mass is 397 g/mol. The van der Waals surface area contributed by atoms with Crippen molar-refractivity contribution in [1.29, 1.82) is 0 Å². The zero-order valence-corrected chi connectivity index (χ0v) is 14.8. The van der Waals surface area contributed by atoms with Crippen LogP contribution in [0.4, 0.5) is 5.82 Å². The van der Waals surface area contributed by atoms with E-state index in [-0.39, 0.29) is 0 Å². The molecule has 24 heavy (non-hydrogen) atoms. The van der Waals surface area contributed by atoms with Crippen molar-refractivity contribution in [3.8, 4) is 27.0 Å². The first-order chi connectivity index (χ1) is 11.7. The molecule has 4 rings (SSSR count). The third kappa shape index (κ3) is 2.83. The van der Waals surface area contributed by atoms with Gasteiger partial charge < -0.3 is 5.73 Å². The average molecular weight is 398 g/mol. The normalized spacial score (nSPS) is 10.9. The van der Waals surface area contributed by atoms with Crippen LogP contribution >= 0.6 is 27.3 Å². The molecule has 0 spiro atoms. The summed E-state index contributed by atoms with van der Waals surface area (Å²) in [6.07, 6.45) is 0. The molecule has 2 aromatic heterocycles. The van der Waals surface area contributed by atoms with Crippen LogP contribution in [0.15, 0.2) is 65.1 Å². The number of hydrogen-bond donors (Lipinski definition) is 1. The van der Waals surface area contributed by atoms with E-state index in [1.165, 1.54) is 11.3 Å². The van der Waals surface area contributed by atoms with E-state index >= 15 is 0 Å². The Hall–Kier alpha value is -2.51. The Labute approximate surface area is 150 Å². The van der Waals surface area contributed by atoms with Gasteiger partial charge >= 0.3 is 0 Å². The van der Waals surface area contributed by atoms with Crippen LogP contribution in [0.3, 0.4) is 0 Å². The lowest BCUT2D eigenvalue weighted by Gasteiger charge is -1.97. The maximum Gasteiger partial charge on any atom is 0.235 e. The molecule has 0 fully saturated rings. The number of nitrogens with two attached hydrogens (primary N) is 1. The topological polar surface area (TPSA) is 69.6 Å². The highest BCUT2D eigenvalue weighted by molar-refractivity contribution is 9.10. The number of nitrogen functional groups attached to an aromatic ring is 1. The lowest BCUT2D eigenvalue weighted by Crippen LogP contribution is -2.01. The van der Waals surface area contributed by atoms with E-state index in [4.69, 9.17) is 5.73 Å². The van der Waals surface area contributed by atoms with Crippen LogP contribution in [0.5, 0.6) is 0 Å². The molecule has 7 heteroatoms. The van der Waals surface area contributed by atoms with E-state index < -0.39 is 0 Å². The summed E-state index contributed by atoms with van der Waals surface area (Å²) >= 11 is 4.88. The van der Waals surface area contributed by atoms with Crippen molar-refractivity contribution >= 4 is 33.1 Å². The Kier molecular flexibility index (Phi) is 3.87. The summed E-state index contributed by atoms with van der Waals surface area (Å²) in [7, 11) is 0. The van der Waals surface area contributed by atoms with Crippen molar-refractivity contribution in [3.63, 3.8) is 0 Å². The Balaban J connectivity index is 1.70. The first kappa shape index (κ1) is 15.0. The fourth-order valence-electron chi connectivity index (χ4n) is 2.31. The first-order valence-corrected chi connectivity index (χ1v) is 8.82. The number of nitrogens with zero attached hydrogens (tertiary/aromatic N) is 4. The Morgan fingerprint density at radius 3 is 2.42 bits per heavy atom. The molecule has 0 saturated carbocycles. The molecule has 0 amide bonds. The number of halogens is 1. The highest BCUT2D eigenvalue weighted by Gasteiger charge is 2.14. The third-order valence-corrected chi connectivity index (χ3v) is 4.97. The maximum atomic E-state index is 6.11. The largest absolute Gasteiger partial charge is 0.383 e. The van der Waals surface area contributed by atoms with Crippen LogP contribution in [0.2, 0.25) is 0 Å². The van der Waals surface area contributed by atoms with Gasteiger partial charge in [0.1, 0.15) is 10.8 Å². The summed E-state index contributed by atoms with van der Waals surface area (Å²) in [6.45, 7) is 0. The van der Waals surface area contributed by atoms with Crippen molar-refractivity contribution < 1.29 is 0 Å². The van der Waals surface area contributed by atoms with Crippen molar-refractivity contribution in [2.24, 2.45) is 0 Å². The van der Waals surface area contributed by atoms with Crippen molar-refractivity contribution in [3.05, 3.63) is 65.1 Å². The molecule has 2 aromatic carbocycles. The van der Waals surface area contributed by atoms with E-state index in [1.54, 1.807) is 4.68 Å². The zero-order valence-electron chi connectivity index (χ0n) is 12.4. The van der Waals surface area contributed by atoms with Crippen LogP contribution in [0, 0.1) is 0 Å². The summed E-state index contributed by atoms with van der Waals surface area (Å²) in [5, 5.41) is 14.5. The molecule has 0 radical (unpaired) electrons. The van der Waals surface area contributed by atoms with Crippen LogP contribution in [0.1, 0.15) is 0 Å². The Bertz CT molecular complexity index is 976. The highest BCUT2D eigenvalue weighted by Crippen LogP contribution is 2.29. The van der Waals surface area contributed by atoms with Crippen molar-refractivity contribution in [2.75, 3.05) is 5.73 Å². The van der Waals surface area contributed by atoms with Gasteiger partial charge in [0.2, 0.25) is 5.13 Å². The number of rotatable bonds is 3. The van der Waals surface area contributed by atoms with E-state index in [2.05, 4.69) is 31.2 Å². The van der Waals surface area contributed by atoms with E-state index in [0.717, 1.165) is 26.3 Å². The molecule has 0 aliphatic heterocycles. The molecule has 0 aliphatic rings. The number of benzene rings is 2. The molecule has 2 N–H and O–H groups in total. The number of anilines is 1. The Morgan fingerprint density at radius 1 is 0.917 bits per heavy atom. The van der Waals surface area contributed by atoms with Gasteiger partial charge in [-0.15, -0.1) is 10.2 Å². The molecule has 2 heterocycles. The van der Waals surface area contributed by atoms with Gasteiger partial charge in [0.05, 0.1) is 5.69 Å². The van der Waals surface area contributed by atoms with Crippen LogP contribution < -0.4 is 5.73 Å². The highest BCUT2D eigenvalue weighted by atomic mass is 79.9. The second kappa shape index (κ2) is 6.18. The van der Waals surface area contributed by atoms with Gasteiger partial charge in [0.25, 0.3) is 0 Å². The minimum Gasteiger partial charge on any atom is -0.383 e. The first-order valence-electron chi connectivity index (χ1n) is 7.21. The zero-order chi connectivity index (χ0) is 16.5. The molecular weight excluding hydrogens is 386 g/mol. The van der Waals surface area contributed by atoms with Gasteiger partial charge in [-0.3, -0.25) is 0 Å². The van der Waals surface area contributed by atoms with E-state index in [0.29, 0.717) is 10.9 Å². The van der Waals surface area contributed by atoms with Gasteiger partial charge in [-0.05, 0) is 12.1 Å². The average Bonchev–Trinajstić information content (AvgIpc) is 3.23.